The van der Waals surface area contributed by atoms with Crippen molar-refractivity contribution in [3.8, 4) is 11.5 Å². The van der Waals surface area contributed by atoms with Crippen LogP contribution in [-0.4, -0.2) is 41.4 Å². The number of fused-ring (bicyclic) bond motifs is 1. The first-order valence-electron chi connectivity index (χ1n) is 9.92. The first-order valence-corrected chi connectivity index (χ1v) is 9.92. The maximum Gasteiger partial charge on any atom is 0.243 e. The molecule has 2 amide bonds. The first kappa shape index (κ1) is 20.7. The smallest absolute Gasteiger partial charge is 0.243 e. The molecule has 0 fully saturated rings. The van der Waals surface area contributed by atoms with Crippen LogP contribution >= 0.6 is 0 Å². The molecule has 8 nitrogen and oxygen atoms in total. The van der Waals surface area contributed by atoms with Gasteiger partial charge in [-0.05, 0) is 38.0 Å². The quantitative estimate of drug-likeness (QED) is 0.736. The number of hydrogen-bond acceptors (Lipinski definition) is 5. The van der Waals surface area contributed by atoms with Gasteiger partial charge in [-0.15, -0.1) is 0 Å². The first-order chi connectivity index (χ1) is 14.0. The normalized spacial score (nSPS) is 14.3. The molecule has 0 spiro atoms. The van der Waals surface area contributed by atoms with Crippen molar-refractivity contribution in [1.29, 1.82) is 0 Å². The van der Waals surface area contributed by atoms with E-state index in [1.807, 2.05) is 45.0 Å². The number of hydrogen-bond donors (Lipinski definition) is 1. The molecule has 0 bridgehead atoms. The van der Waals surface area contributed by atoms with Crippen molar-refractivity contribution in [2.24, 2.45) is 0 Å². The van der Waals surface area contributed by atoms with E-state index in [0.717, 1.165) is 11.3 Å². The van der Waals surface area contributed by atoms with Crippen molar-refractivity contribution < 1.29 is 19.1 Å². The molecular weight excluding hydrogens is 372 g/mol. The van der Waals surface area contributed by atoms with Gasteiger partial charge < -0.3 is 14.8 Å². The van der Waals surface area contributed by atoms with E-state index in [1.54, 1.807) is 16.7 Å². The average Bonchev–Trinajstić information content (AvgIpc) is 3.09. The molecule has 0 saturated carbocycles. The van der Waals surface area contributed by atoms with Crippen molar-refractivity contribution in [3.63, 3.8) is 0 Å². The highest BCUT2D eigenvalue weighted by Crippen LogP contribution is 2.28. The number of benzene rings is 1. The van der Waals surface area contributed by atoms with Crippen LogP contribution in [0.2, 0.25) is 0 Å². The zero-order valence-electron chi connectivity index (χ0n) is 17.4. The molecule has 8 heteroatoms. The van der Waals surface area contributed by atoms with Gasteiger partial charge in [-0.1, -0.05) is 13.0 Å². The van der Waals surface area contributed by atoms with E-state index < -0.39 is 6.04 Å². The van der Waals surface area contributed by atoms with Gasteiger partial charge in [0.05, 0.1) is 26.0 Å². The number of nitrogens with one attached hydrogen (secondary N) is 1. The Morgan fingerprint density at radius 1 is 1.28 bits per heavy atom. The summed E-state index contributed by atoms with van der Waals surface area (Å²) in [6.45, 7) is 7.12. The summed E-state index contributed by atoms with van der Waals surface area (Å²) in [5, 5.41) is 7.36. The number of anilines is 1. The van der Waals surface area contributed by atoms with Gasteiger partial charge in [0.2, 0.25) is 11.8 Å². The summed E-state index contributed by atoms with van der Waals surface area (Å²) in [6.07, 6.45) is 0.850. The minimum Gasteiger partial charge on any atom is -0.493 e. The molecule has 1 N–H and O–H groups in total. The number of nitrogens with zero attached hydrogens (tertiary/aromatic N) is 3. The minimum atomic E-state index is -0.581. The predicted molar refractivity (Wildman–Crippen MR) is 109 cm³/mol. The molecule has 1 aromatic carbocycles. The van der Waals surface area contributed by atoms with E-state index in [9.17, 15) is 9.59 Å². The standard InChI is InChI=1S/C21H28N4O4/c1-5-16(25-19-11-14(3)23-24(19)10-9-20(25)26)21(27)22-13-15-7-8-17(29-6-2)18(12-15)28-4/h7-8,11-12,16H,5-6,9-10,13H2,1-4H3,(H,22,27)/t16-/m0/s1. The summed E-state index contributed by atoms with van der Waals surface area (Å²) in [5.41, 5.74) is 1.72. The lowest BCUT2D eigenvalue weighted by atomic mass is 10.1. The van der Waals surface area contributed by atoms with Crippen LogP contribution in [0.25, 0.3) is 0 Å². The van der Waals surface area contributed by atoms with Gasteiger partial charge in [0.25, 0.3) is 0 Å². The topological polar surface area (TPSA) is 85.7 Å². The number of aromatic nitrogens is 2. The van der Waals surface area contributed by atoms with Gasteiger partial charge >= 0.3 is 0 Å². The lowest BCUT2D eigenvalue weighted by Crippen LogP contribution is -2.52. The second kappa shape index (κ2) is 8.98. The van der Waals surface area contributed by atoms with E-state index in [4.69, 9.17) is 9.47 Å². The summed E-state index contributed by atoms with van der Waals surface area (Å²) in [4.78, 5) is 27.1. The molecule has 1 aliphatic rings. The van der Waals surface area contributed by atoms with Gasteiger partial charge in [-0.2, -0.15) is 5.10 Å². The fraction of sp³-hybridized carbons (Fsp3) is 0.476. The zero-order chi connectivity index (χ0) is 21.0. The van der Waals surface area contributed by atoms with E-state index in [1.165, 1.54) is 0 Å². The van der Waals surface area contributed by atoms with Gasteiger partial charge in [-0.25, -0.2) is 4.68 Å². The maximum absolute atomic E-state index is 12.9. The number of amides is 2. The summed E-state index contributed by atoms with van der Waals surface area (Å²) in [7, 11) is 1.58. The molecule has 156 valence electrons. The molecule has 0 aliphatic carbocycles. The van der Waals surface area contributed by atoms with Crippen LogP contribution < -0.4 is 19.7 Å². The molecule has 0 radical (unpaired) electrons. The summed E-state index contributed by atoms with van der Waals surface area (Å²) >= 11 is 0. The predicted octanol–water partition coefficient (Wildman–Crippen LogP) is 2.43. The number of carbonyl (C=O) groups excluding carboxylic acids is 2. The summed E-state index contributed by atoms with van der Waals surface area (Å²) in [5.74, 6) is 1.72. The molecule has 3 rings (SSSR count). The lowest BCUT2D eigenvalue weighted by Gasteiger charge is -2.33. The molecular formula is C21H28N4O4. The van der Waals surface area contributed by atoms with Crippen LogP contribution in [0.3, 0.4) is 0 Å². The van der Waals surface area contributed by atoms with E-state index in [-0.39, 0.29) is 11.8 Å². The number of rotatable bonds is 8. The summed E-state index contributed by atoms with van der Waals surface area (Å²) in [6, 6.07) is 6.83. The van der Waals surface area contributed by atoms with Crippen LogP contribution in [0.5, 0.6) is 11.5 Å². The minimum absolute atomic E-state index is 0.0536. The Morgan fingerprint density at radius 3 is 2.76 bits per heavy atom. The average molecular weight is 400 g/mol. The fourth-order valence-corrected chi connectivity index (χ4v) is 3.56. The Morgan fingerprint density at radius 2 is 2.07 bits per heavy atom. The number of aryl methyl sites for hydroxylation is 2. The van der Waals surface area contributed by atoms with Crippen molar-refractivity contribution in [3.05, 3.63) is 35.5 Å². The monoisotopic (exact) mass is 400 g/mol. The molecule has 1 atom stereocenters. The van der Waals surface area contributed by atoms with Gasteiger partial charge in [0.15, 0.2) is 11.5 Å². The van der Waals surface area contributed by atoms with Crippen LogP contribution in [-0.2, 0) is 22.7 Å². The Bertz CT molecular complexity index is 893. The highest BCUT2D eigenvalue weighted by atomic mass is 16.5. The fourth-order valence-electron chi connectivity index (χ4n) is 3.56. The maximum atomic E-state index is 12.9. The molecule has 0 unspecified atom stereocenters. The molecule has 1 aliphatic heterocycles. The molecule has 2 heterocycles. The van der Waals surface area contributed by atoms with Crippen molar-refractivity contribution in [1.82, 2.24) is 15.1 Å². The Hall–Kier alpha value is -3.03. The highest BCUT2D eigenvalue weighted by Gasteiger charge is 2.34. The van der Waals surface area contributed by atoms with Crippen molar-refractivity contribution in [2.75, 3.05) is 18.6 Å². The highest BCUT2D eigenvalue weighted by molar-refractivity contribution is 6.00. The van der Waals surface area contributed by atoms with Crippen LogP contribution in [0.15, 0.2) is 24.3 Å². The van der Waals surface area contributed by atoms with Gasteiger partial charge in [-0.3, -0.25) is 14.5 Å². The zero-order valence-corrected chi connectivity index (χ0v) is 17.4. The van der Waals surface area contributed by atoms with Crippen molar-refractivity contribution >= 4 is 17.6 Å². The largest absolute Gasteiger partial charge is 0.493 e. The van der Waals surface area contributed by atoms with E-state index in [0.29, 0.717) is 49.9 Å². The Balaban J connectivity index is 1.73. The van der Waals surface area contributed by atoms with Crippen LogP contribution in [0, 0.1) is 6.92 Å². The molecule has 2 aromatic rings. The lowest BCUT2D eigenvalue weighted by molar-refractivity contribution is -0.127. The molecule has 1 aromatic heterocycles. The third-order valence-electron chi connectivity index (χ3n) is 4.93. The van der Waals surface area contributed by atoms with Crippen molar-refractivity contribution in [2.45, 2.75) is 52.7 Å². The Labute approximate surface area is 170 Å². The SMILES string of the molecule is CCOc1ccc(CNC(=O)[C@H](CC)N2C(=O)CCn3nc(C)cc32)cc1OC. The molecule has 29 heavy (non-hydrogen) atoms. The van der Waals surface area contributed by atoms with Crippen LogP contribution in [0.1, 0.15) is 37.9 Å². The van der Waals surface area contributed by atoms with Crippen LogP contribution in [0.4, 0.5) is 5.82 Å². The third kappa shape index (κ3) is 4.36. The van der Waals surface area contributed by atoms with Gasteiger partial charge in [0.1, 0.15) is 11.9 Å². The number of carbonyl (C=O) groups is 2. The second-order valence-corrected chi connectivity index (χ2v) is 6.94. The number of methoxy groups -OCH3 is 1. The third-order valence-corrected chi connectivity index (χ3v) is 4.93. The van der Waals surface area contributed by atoms with Gasteiger partial charge in [0, 0.05) is 19.0 Å². The second-order valence-electron chi connectivity index (χ2n) is 6.94. The summed E-state index contributed by atoms with van der Waals surface area (Å²) < 4.78 is 12.7. The number of ether oxygens (including phenoxy) is 2. The Kier molecular flexibility index (Phi) is 6.41. The molecule has 0 saturated heterocycles. The van der Waals surface area contributed by atoms with E-state index >= 15 is 0 Å². The van der Waals surface area contributed by atoms with E-state index in [2.05, 4.69) is 10.4 Å².